The van der Waals surface area contributed by atoms with E-state index in [1.165, 1.54) is 11.8 Å². The Morgan fingerprint density at radius 3 is 2.58 bits per heavy atom. The molecule has 3 aromatic carbocycles. The normalized spacial score (nSPS) is 11.1. The number of carbonyl (C=O) groups excluding carboxylic acids is 1. The fraction of sp³-hybridized carbons (Fsp3) is 0.0435. The van der Waals surface area contributed by atoms with E-state index < -0.39 is 0 Å². The molecule has 2 N–H and O–H groups in total. The largest absolute Gasteiger partial charge is 0.338 e. The third-order valence-electron chi connectivity index (χ3n) is 4.57. The molecule has 0 atom stereocenters. The Kier molecular flexibility index (Phi) is 5.56. The number of H-pyrrole nitrogens is 1. The number of anilines is 1. The van der Waals surface area contributed by atoms with E-state index in [1.54, 1.807) is 11.8 Å². The summed E-state index contributed by atoms with van der Waals surface area (Å²) < 4.78 is 0. The van der Waals surface area contributed by atoms with Gasteiger partial charge in [-0.2, -0.15) is 0 Å². The summed E-state index contributed by atoms with van der Waals surface area (Å²) in [5, 5.41) is 12.9. The maximum absolute atomic E-state index is 12.6. The maximum Gasteiger partial charge on any atom is 0.234 e. The predicted molar refractivity (Wildman–Crippen MR) is 126 cm³/mol. The Morgan fingerprint density at radius 1 is 0.903 bits per heavy atom. The van der Waals surface area contributed by atoms with Crippen LogP contribution in [0.5, 0.6) is 0 Å². The molecule has 0 unspecified atom stereocenters. The first-order valence-electron chi connectivity index (χ1n) is 9.62. The second-order valence-corrected chi connectivity index (χ2v) is 8.77. The Bertz CT molecular complexity index is 1370. The predicted octanol–water partition coefficient (Wildman–Crippen LogP) is 5.39. The van der Waals surface area contributed by atoms with E-state index in [-0.39, 0.29) is 11.7 Å². The molecule has 0 aliphatic heterocycles. The Hall–Kier alpha value is -3.36. The van der Waals surface area contributed by atoms with Crippen LogP contribution >= 0.6 is 23.5 Å². The second-order valence-electron chi connectivity index (χ2n) is 6.71. The van der Waals surface area contributed by atoms with Crippen molar-refractivity contribution in [1.29, 1.82) is 0 Å². The van der Waals surface area contributed by atoms with Crippen LogP contribution in [0.15, 0.2) is 93.8 Å². The number of hydrogen-bond donors (Lipinski definition) is 2. The molecule has 5 aromatic rings. The number of benzene rings is 3. The molecular weight excluding hydrogens is 426 g/mol. The summed E-state index contributed by atoms with van der Waals surface area (Å²) in [6.45, 7) is 0. The minimum absolute atomic E-state index is 0.119. The number of carbonyl (C=O) groups is 1. The lowest BCUT2D eigenvalue weighted by molar-refractivity contribution is -0.113. The van der Waals surface area contributed by atoms with E-state index in [9.17, 15) is 4.79 Å². The number of nitrogens with one attached hydrogen (secondary N) is 2. The smallest absolute Gasteiger partial charge is 0.234 e. The standard InChI is InChI=1S/C23H17N5OS2/c29-20(24-18-12-6-7-13-19(18)31-15-8-2-1-3-9-15)14-30-23-26-22-21(27-28-23)16-10-4-5-11-17(16)25-22/h1-13H,14H2,(H,24,29)(H,25,26,28). The third-order valence-corrected chi connectivity index (χ3v) is 6.49. The van der Waals surface area contributed by atoms with Crippen LogP contribution in [-0.2, 0) is 4.79 Å². The summed E-state index contributed by atoms with van der Waals surface area (Å²) in [6.07, 6.45) is 0. The highest BCUT2D eigenvalue weighted by Gasteiger charge is 2.12. The van der Waals surface area contributed by atoms with Gasteiger partial charge in [0.2, 0.25) is 11.1 Å². The van der Waals surface area contributed by atoms with Gasteiger partial charge in [0, 0.05) is 20.7 Å². The fourth-order valence-electron chi connectivity index (χ4n) is 3.16. The van der Waals surface area contributed by atoms with Gasteiger partial charge in [-0.25, -0.2) is 4.98 Å². The quantitative estimate of drug-likeness (QED) is 0.343. The monoisotopic (exact) mass is 443 g/mol. The summed E-state index contributed by atoms with van der Waals surface area (Å²) in [7, 11) is 0. The molecule has 0 aliphatic rings. The number of rotatable bonds is 6. The van der Waals surface area contributed by atoms with Gasteiger partial charge in [-0.05, 0) is 30.3 Å². The van der Waals surface area contributed by atoms with Gasteiger partial charge in [0.05, 0.1) is 11.4 Å². The van der Waals surface area contributed by atoms with Crippen LogP contribution in [0.1, 0.15) is 0 Å². The van der Waals surface area contributed by atoms with Crippen molar-refractivity contribution in [2.45, 2.75) is 14.9 Å². The number of amides is 1. The Balaban J connectivity index is 1.27. The van der Waals surface area contributed by atoms with Gasteiger partial charge in [0.1, 0.15) is 5.52 Å². The highest BCUT2D eigenvalue weighted by molar-refractivity contribution is 8.00. The van der Waals surface area contributed by atoms with E-state index in [4.69, 9.17) is 0 Å². The van der Waals surface area contributed by atoms with Crippen molar-refractivity contribution >= 4 is 57.2 Å². The van der Waals surface area contributed by atoms with E-state index in [1.807, 2.05) is 78.9 Å². The summed E-state index contributed by atoms with van der Waals surface area (Å²) in [5.41, 5.74) is 3.15. The average molecular weight is 444 g/mol. The van der Waals surface area contributed by atoms with Gasteiger partial charge in [0.25, 0.3) is 0 Å². The molecule has 152 valence electrons. The van der Waals surface area contributed by atoms with Crippen LogP contribution in [0.4, 0.5) is 5.69 Å². The van der Waals surface area contributed by atoms with Gasteiger partial charge < -0.3 is 10.3 Å². The van der Waals surface area contributed by atoms with E-state index >= 15 is 0 Å². The lowest BCUT2D eigenvalue weighted by Crippen LogP contribution is -2.15. The molecule has 0 radical (unpaired) electrons. The number of aromatic amines is 1. The first kappa shape index (κ1) is 19.6. The summed E-state index contributed by atoms with van der Waals surface area (Å²) in [5.74, 6) is 0.0732. The topological polar surface area (TPSA) is 83.6 Å². The van der Waals surface area contributed by atoms with Crippen LogP contribution in [0, 0.1) is 0 Å². The van der Waals surface area contributed by atoms with Crippen molar-refractivity contribution in [3.8, 4) is 0 Å². The van der Waals surface area contributed by atoms with E-state index in [0.29, 0.717) is 10.8 Å². The molecule has 0 bridgehead atoms. The minimum Gasteiger partial charge on any atom is -0.338 e. The molecule has 0 saturated carbocycles. The SMILES string of the molecule is O=C(CSc1nnc2c(n1)[nH]c1ccccc12)Nc1ccccc1Sc1ccccc1. The van der Waals surface area contributed by atoms with Gasteiger partial charge in [0.15, 0.2) is 5.65 Å². The van der Waals surface area contributed by atoms with Gasteiger partial charge in [-0.15, -0.1) is 10.2 Å². The molecule has 5 rings (SSSR count). The first-order chi connectivity index (χ1) is 15.3. The zero-order valence-corrected chi connectivity index (χ0v) is 17.9. The van der Waals surface area contributed by atoms with E-state index in [2.05, 4.69) is 25.5 Å². The molecule has 0 fully saturated rings. The van der Waals surface area contributed by atoms with Crippen LogP contribution in [0.25, 0.3) is 22.1 Å². The number of fused-ring (bicyclic) bond motifs is 3. The number of nitrogens with zero attached hydrogens (tertiary/aromatic N) is 3. The van der Waals surface area contributed by atoms with Gasteiger partial charge in [-0.1, -0.05) is 72.1 Å². The lowest BCUT2D eigenvalue weighted by Gasteiger charge is -2.10. The third kappa shape index (κ3) is 4.40. The molecule has 0 aliphatic carbocycles. The molecule has 6 nitrogen and oxygen atoms in total. The van der Waals surface area contributed by atoms with Crippen molar-refractivity contribution in [2.75, 3.05) is 11.1 Å². The second kappa shape index (κ2) is 8.79. The molecule has 2 aromatic heterocycles. The van der Waals surface area contributed by atoms with Crippen molar-refractivity contribution in [1.82, 2.24) is 20.2 Å². The highest BCUT2D eigenvalue weighted by Crippen LogP contribution is 2.33. The number of thioether (sulfide) groups is 1. The maximum atomic E-state index is 12.6. The Labute approximate surface area is 186 Å². The molecule has 2 heterocycles. The first-order valence-corrected chi connectivity index (χ1v) is 11.4. The summed E-state index contributed by atoms with van der Waals surface area (Å²) in [6, 6.07) is 25.7. The van der Waals surface area contributed by atoms with Gasteiger partial charge in [-0.3, -0.25) is 4.79 Å². The summed E-state index contributed by atoms with van der Waals surface area (Å²) >= 11 is 2.87. The zero-order valence-electron chi connectivity index (χ0n) is 16.3. The number of para-hydroxylation sites is 2. The average Bonchev–Trinajstić information content (AvgIpc) is 3.17. The zero-order chi connectivity index (χ0) is 21.0. The molecule has 8 heteroatoms. The van der Waals surface area contributed by atoms with Crippen molar-refractivity contribution in [2.24, 2.45) is 0 Å². The van der Waals surface area contributed by atoms with Crippen molar-refractivity contribution in [3.63, 3.8) is 0 Å². The van der Waals surface area contributed by atoms with Crippen LogP contribution in [-0.4, -0.2) is 31.8 Å². The fourth-order valence-corrected chi connectivity index (χ4v) is 4.67. The molecule has 0 spiro atoms. The van der Waals surface area contributed by atoms with Crippen molar-refractivity contribution in [3.05, 3.63) is 78.9 Å². The van der Waals surface area contributed by atoms with Crippen LogP contribution in [0.2, 0.25) is 0 Å². The Morgan fingerprint density at radius 2 is 1.68 bits per heavy atom. The summed E-state index contributed by atoms with van der Waals surface area (Å²) in [4.78, 5) is 22.4. The molecule has 31 heavy (non-hydrogen) atoms. The molecular formula is C23H17N5OS2. The van der Waals surface area contributed by atoms with E-state index in [0.717, 1.165) is 31.9 Å². The highest BCUT2D eigenvalue weighted by atomic mass is 32.2. The van der Waals surface area contributed by atoms with Gasteiger partial charge >= 0.3 is 0 Å². The van der Waals surface area contributed by atoms with Crippen LogP contribution in [0.3, 0.4) is 0 Å². The van der Waals surface area contributed by atoms with Crippen molar-refractivity contribution < 1.29 is 4.79 Å². The number of hydrogen-bond acceptors (Lipinski definition) is 6. The lowest BCUT2D eigenvalue weighted by atomic mass is 10.2. The molecule has 1 amide bonds. The molecule has 0 saturated heterocycles. The van der Waals surface area contributed by atoms with Crippen LogP contribution < -0.4 is 5.32 Å². The minimum atomic E-state index is -0.119. The number of aromatic nitrogens is 4.